The molecule has 0 spiro atoms. The van der Waals surface area contributed by atoms with Crippen molar-refractivity contribution in [2.75, 3.05) is 6.61 Å². The predicted molar refractivity (Wildman–Crippen MR) is 45.0 cm³/mol. The Balaban J connectivity index is 0. The zero-order chi connectivity index (χ0) is 9.28. The van der Waals surface area contributed by atoms with Gasteiger partial charge in [-0.3, -0.25) is 4.79 Å². The van der Waals surface area contributed by atoms with Crippen LogP contribution in [0.2, 0.25) is 0 Å². The summed E-state index contributed by atoms with van der Waals surface area (Å²) in [5, 5.41) is 7.57. The first-order valence-electron chi connectivity index (χ1n) is 3.39. The van der Waals surface area contributed by atoms with Crippen LogP contribution in [0.4, 0.5) is 0 Å². The fourth-order valence-corrected chi connectivity index (χ4v) is 0.378. The highest BCUT2D eigenvalue weighted by molar-refractivity contribution is 5.98. The fourth-order valence-electron chi connectivity index (χ4n) is 0.282. The van der Waals surface area contributed by atoms with E-state index in [9.17, 15) is 4.79 Å². The van der Waals surface area contributed by atoms with E-state index in [0.29, 0.717) is 10.5 Å². The zero-order valence-electron chi connectivity index (χ0n) is 7.46. The van der Waals surface area contributed by atoms with Gasteiger partial charge in [0.1, 0.15) is 0 Å². The van der Waals surface area contributed by atoms with E-state index in [2.05, 4.69) is 4.74 Å². The molecule has 0 aromatic rings. The summed E-state index contributed by atoms with van der Waals surface area (Å²) < 4.78 is 9.33. The minimum atomic E-state index is -0.362. The van der Waals surface area contributed by atoms with Gasteiger partial charge in [-0.15, -0.1) is 0 Å². The van der Waals surface area contributed by atoms with E-state index in [4.69, 9.17) is 9.53 Å². The number of aliphatic hydroxyl groups excluding tert-OH is 1. The van der Waals surface area contributed by atoms with Crippen molar-refractivity contribution in [3.05, 3.63) is 0 Å². The lowest BCUT2D eigenvalue weighted by atomic mass is 10.7. The highest BCUT2D eigenvalue weighted by Crippen LogP contribution is 1.88. The fraction of sp³-hybridized carbons (Fsp3) is 0.833. The molecule has 1 N–H and O–H groups in total. The molecule has 0 aromatic heterocycles. The first-order chi connectivity index (χ1) is 5.08. The minimum Gasteiger partial charge on any atom is -0.437 e. The second-order valence-electron chi connectivity index (χ2n) is 1.73. The first kappa shape index (κ1) is 13.2. The summed E-state index contributed by atoms with van der Waals surface area (Å²) in [6.07, 6.45) is -0.362. The second-order valence-corrected chi connectivity index (χ2v) is 2.20. The zero-order valence-corrected chi connectivity index (χ0v) is 9.46. The average Bonchev–Trinajstić information content (AvgIpc) is 1.88. The molecule has 68 valence electrons. The maximum atomic E-state index is 10.1. The molecule has 0 aliphatic carbocycles. The first-order valence-corrected chi connectivity index (χ1v) is 4.21. The van der Waals surface area contributed by atoms with Crippen molar-refractivity contribution in [1.82, 2.24) is 0 Å². The molecule has 0 radical (unpaired) electrons. The van der Waals surface area contributed by atoms with Gasteiger partial charge in [0.15, 0.2) is 16.8 Å². The quantitative estimate of drug-likeness (QED) is 0.343. The Hall–Kier alpha value is -0.393. The molecule has 0 fully saturated rings. The van der Waals surface area contributed by atoms with Gasteiger partial charge in [0.05, 0.1) is 0 Å². The van der Waals surface area contributed by atoms with Crippen LogP contribution in [0.5, 0.6) is 0 Å². The van der Waals surface area contributed by atoms with Gasteiger partial charge in [-0.25, -0.2) is 0 Å². The minimum absolute atomic E-state index is 0.250. The van der Waals surface area contributed by atoms with Gasteiger partial charge in [0.2, 0.25) is 0 Å². The molecule has 11 heavy (non-hydrogen) atoms. The van der Waals surface area contributed by atoms with Crippen LogP contribution >= 0.6 is 0 Å². The average molecular weight is 180 g/mol. The Bertz CT molecular complexity index is 96.6. The van der Waals surface area contributed by atoms with Crippen LogP contribution < -0.4 is 0 Å². The Morgan fingerprint density at radius 1 is 1.73 bits per heavy atom. The smallest absolute Gasteiger partial charge is 0.304 e. The van der Waals surface area contributed by atoms with Crippen molar-refractivity contribution in [2.24, 2.45) is 0 Å². The number of esters is 1. The number of rotatable bonds is 2. The van der Waals surface area contributed by atoms with Gasteiger partial charge >= 0.3 is 5.97 Å². The van der Waals surface area contributed by atoms with E-state index in [0.717, 1.165) is 0 Å². The van der Waals surface area contributed by atoms with Crippen LogP contribution in [0.3, 0.4) is 0 Å². The third-order valence-corrected chi connectivity index (χ3v) is 1.33. The molecule has 0 saturated carbocycles. The molecular weight excluding hydrogens is 164 g/mol. The van der Waals surface area contributed by atoms with E-state index in [1.807, 2.05) is 0 Å². The standard InChI is InChI=1S/C4H10O3Si.C2H6O/c1-3(5)6-4(2)7-8;1-2-3/h4H,1-2,8H3;3H,2H2,1H3. The predicted octanol–water partition coefficient (Wildman–Crippen LogP) is -0.809. The van der Waals surface area contributed by atoms with Crippen molar-refractivity contribution in [3.63, 3.8) is 0 Å². The Labute approximate surface area is 70.0 Å². The van der Waals surface area contributed by atoms with Gasteiger partial charge in [-0.2, -0.15) is 0 Å². The monoisotopic (exact) mass is 180 g/mol. The van der Waals surface area contributed by atoms with E-state index in [1.165, 1.54) is 6.92 Å². The third kappa shape index (κ3) is 17.7. The Kier molecular flexibility index (Phi) is 11.5. The Morgan fingerprint density at radius 3 is 2.18 bits per heavy atom. The summed E-state index contributed by atoms with van der Waals surface area (Å²) in [5.74, 6) is -0.298. The molecule has 0 aliphatic rings. The maximum absolute atomic E-state index is 10.1. The number of carbonyl (C=O) groups excluding carboxylic acids is 1. The topological polar surface area (TPSA) is 55.8 Å². The van der Waals surface area contributed by atoms with Crippen LogP contribution in [0, 0.1) is 0 Å². The summed E-state index contributed by atoms with van der Waals surface area (Å²) >= 11 is 0. The Morgan fingerprint density at radius 2 is 2.09 bits per heavy atom. The number of hydrogen-bond donors (Lipinski definition) is 1. The van der Waals surface area contributed by atoms with Crippen LogP contribution in [-0.2, 0) is 14.0 Å². The molecule has 0 bridgehead atoms. The highest BCUT2D eigenvalue weighted by Gasteiger charge is 1.98. The second kappa shape index (κ2) is 9.61. The van der Waals surface area contributed by atoms with Crippen molar-refractivity contribution in [3.8, 4) is 0 Å². The van der Waals surface area contributed by atoms with E-state index < -0.39 is 0 Å². The largest absolute Gasteiger partial charge is 0.437 e. The molecule has 0 aromatic carbocycles. The number of carbonyl (C=O) groups is 1. The SMILES string of the molecule is CC(=O)OC(C)O[SiH3].CCO. The molecule has 0 heterocycles. The molecule has 0 aliphatic heterocycles. The molecule has 0 amide bonds. The van der Waals surface area contributed by atoms with E-state index in [1.54, 1.807) is 13.8 Å². The number of ether oxygens (including phenoxy) is 1. The number of hydrogen-bond acceptors (Lipinski definition) is 4. The molecule has 0 saturated heterocycles. The van der Waals surface area contributed by atoms with Crippen LogP contribution in [0.15, 0.2) is 0 Å². The van der Waals surface area contributed by atoms with Crippen LogP contribution in [0.1, 0.15) is 20.8 Å². The summed E-state index contributed by atoms with van der Waals surface area (Å²) in [5.41, 5.74) is 0. The summed E-state index contributed by atoms with van der Waals surface area (Å²) in [7, 11) is 0.601. The lowest BCUT2D eigenvalue weighted by molar-refractivity contribution is -0.158. The lowest BCUT2D eigenvalue weighted by Crippen LogP contribution is -2.14. The lowest BCUT2D eigenvalue weighted by Gasteiger charge is -2.08. The van der Waals surface area contributed by atoms with Crippen molar-refractivity contribution in [2.45, 2.75) is 27.1 Å². The van der Waals surface area contributed by atoms with Crippen molar-refractivity contribution in [1.29, 1.82) is 0 Å². The van der Waals surface area contributed by atoms with Crippen LogP contribution in [0.25, 0.3) is 0 Å². The molecule has 4 nitrogen and oxygen atoms in total. The molecule has 0 rings (SSSR count). The third-order valence-electron chi connectivity index (χ3n) is 0.664. The normalized spacial score (nSPS) is 11.3. The van der Waals surface area contributed by atoms with Crippen molar-refractivity contribution >= 4 is 16.5 Å². The maximum Gasteiger partial charge on any atom is 0.304 e. The summed E-state index contributed by atoms with van der Waals surface area (Å²) in [6, 6.07) is 0. The van der Waals surface area contributed by atoms with Gasteiger partial charge in [0.25, 0.3) is 0 Å². The van der Waals surface area contributed by atoms with Gasteiger partial charge in [0, 0.05) is 13.5 Å². The highest BCUT2D eigenvalue weighted by atomic mass is 28.2. The van der Waals surface area contributed by atoms with E-state index in [-0.39, 0.29) is 18.9 Å². The summed E-state index contributed by atoms with van der Waals surface area (Å²) in [6.45, 7) is 4.98. The van der Waals surface area contributed by atoms with Gasteiger partial charge < -0.3 is 14.3 Å². The molecule has 5 heteroatoms. The molecular formula is C6H16O4Si. The number of aliphatic hydroxyl groups is 1. The van der Waals surface area contributed by atoms with Gasteiger partial charge in [-0.1, -0.05) is 0 Å². The van der Waals surface area contributed by atoms with Crippen LogP contribution in [-0.4, -0.2) is 34.5 Å². The molecule has 1 unspecified atom stereocenters. The summed E-state index contributed by atoms with van der Waals surface area (Å²) in [4.78, 5) is 10.1. The van der Waals surface area contributed by atoms with Gasteiger partial charge in [-0.05, 0) is 13.8 Å². The molecule has 1 atom stereocenters. The van der Waals surface area contributed by atoms with E-state index >= 15 is 0 Å². The van der Waals surface area contributed by atoms with Crippen molar-refractivity contribution < 1.29 is 19.1 Å².